The molecule has 0 amide bonds. The van der Waals surface area contributed by atoms with E-state index in [9.17, 15) is 4.39 Å². The SMILES string of the molecule is C=CC1CCC(CCc2ccc(C#Cc3ccc4c(F)c(CCC)ccc4c3)cc2)CC1. The maximum atomic E-state index is 14.7. The predicted octanol–water partition coefficient (Wildman–Crippen LogP) is 8.26. The molecule has 32 heavy (non-hydrogen) atoms. The summed E-state index contributed by atoms with van der Waals surface area (Å²) < 4.78 is 14.7. The zero-order valence-corrected chi connectivity index (χ0v) is 19.2. The van der Waals surface area contributed by atoms with E-state index in [-0.39, 0.29) is 5.82 Å². The maximum absolute atomic E-state index is 14.7. The molecule has 1 saturated carbocycles. The minimum Gasteiger partial charge on any atom is -0.206 e. The summed E-state index contributed by atoms with van der Waals surface area (Å²) in [5.74, 6) is 8.02. The van der Waals surface area contributed by atoms with Crippen molar-refractivity contribution in [1.29, 1.82) is 0 Å². The number of hydrogen-bond acceptors (Lipinski definition) is 0. The van der Waals surface area contributed by atoms with Crippen LogP contribution in [0.1, 0.15) is 67.7 Å². The molecule has 0 unspecified atom stereocenters. The van der Waals surface area contributed by atoms with E-state index in [1.54, 1.807) is 0 Å². The molecule has 0 bridgehead atoms. The van der Waals surface area contributed by atoms with Crippen LogP contribution in [0.25, 0.3) is 10.8 Å². The zero-order valence-electron chi connectivity index (χ0n) is 19.2. The van der Waals surface area contributed by atoms with Crippen molar-refractivity contribution in [2.24, 2.45) is 11.8 Å². The second-order valence-electron chi connectivity index (χ2n) is 9.23. The molecule has 1 heteroatoms. The van der Waals surface area contributed by atoms with E-state index in [4.69, 9.17) is 0 Å². The topological polar surface area (TPSA) is 0 Å². The Labute approximate surface area is 192 Å². The summed E-state index contributed by atoms with van der Waals surface area (Å²) in [5.41, 5.74) is 4.12. The normalized spacial score (nSPS) is 18.2. The average Bonchev–Trinajstić information content (AvgIpc) is 2.84. The highest BCUT2D eigenvalue weighted by atomic mass is 19.1. The first kappa shape index (κ1) is 22.3. The van der Waals surface area contributed by atoms with Gasteiger partial charge >= 0.3 is 0 Å². The molecular weight excluding hydrogens is 391 g/mol. The van der Waals surface area contributed by atoms with Gasteiger partial charge in [-0.25, -0.2) is 4.39 Å². The molecule has 1 aliphatic carbocycles. The summed E-state index contributed by atoms with van der Waals surface area (Å²) in [6, 6.07) is 18.3. The zero-order chi connectivity index (χ0) is 22.3. The van der Waals surface area contributed by atoms with Crippen LogP contribution in [-0.4, -0.2) is 0 Å². The highest BCUT2D eigenvalue weighted by molar-refractivity contribution is 5.85. The Morgan fingerprint density at radius 1 is 0.906 bits per heavy atom. The first-order chi connectivity index (χ1) is 15.7. The van der Waals surface area contributed by atoms with Crippen LogP contribution in [0.15, 0.2) is 67.3 Å². The summed E-state index contributed by atoms with van der Waals surface area (Å²) in [6.45, 7) is 6.02. The van der Waals surface area contributed by atoms with E-state index < -0.39 is 0 Å². The molecule has 0 spiro atoms. The molecule has 0 heterocycles. The van der Waals surface area contributed by atoms with E-state index in [1.165, 1.54) is 37.7 Å². The molecule has 0 radical (unpaired) electrons. The molecule has 0 saturated heterocycles. The number of hydrogen-bond donors (Lipinski definition) is 0. The van der Waals surface area contributed by atoms with Gasteiger partial charge in [0.25, 0.3) is 0 Å². The van der Waals surface area contributed by atoms with Gasteiger partial charge in [0, 0.05) is 16.5 Å². The predicted molar refractivity (Wildman–Crippen MR) is 134 cm³/mol. The van der Waals surface area contributed by atoms with E-state index >= 15 is 0 Å². The van der Waals surface area contributed by atoms with Crippen LogP contribution in [0.3, 0.4) is 0 Å². The summed E-state index contributed by atoms with van der Waals surface area (Å²) in [4.78, 5) is 0. The second-order valence-corrected chi connectivity index (χ2v) is 9.23. The molecular formula is C31H33F. The Bertz CT molecular complexity index is 1120. The lowest BCUT2D eigenvalue weighted by Gasteiger charge is -2.26. The van der Waals surface area contributed by atoms with Crippen molar-refractivity contribution < 1.29 is 4.39 Å². The summed E-state index contributed by atoms with van der Waals surface area (Å²) in [6.07, 6.45) is 11.6. The average molecular weight is 425 g/mol. The molecule has 1 aliphatic rings. The first-order valence-corrected chi connectivity index (χ1v) is 12.1. The Morgan fingerprint density at radius 3 is 2.34 bits per heavy atom. The molecule has 0 nitrogen and oxygen atoms in total. The number of allylic oxidation sites excluding steroid dienone is 1. The highest BCUT2D eigenvalue weighted by Crippen LogP contribution is 2.32. The van der Waals surface area contributed by atoms with Crippen LogP contribution in [-0.2, 0) is 12.8 Å². The van der Waals surface area contributed by atoms with E-state index in [2.05, 4.69) is 55.7 Å². The van der Waals surface area contributed by atoms with Gasteiger partial charge in [-0.15, -0.1) is 6.58 Å². The van der Waals surface area contributed by atoms with Crippen molar-refractivity contribution in [2.75, 3.05) is 0 Å². The number of halogens is 1. The Hall–Kier alpha value is -2.85. The Balaban J connectivity index is 1.37. The van der Waals surface area contributed by atoms with Crippen molar-refractivity contribution in [3.05, 3.63) is 95.3 Å². The van der Waals surface area contributed by atoms with Crippen molar-refractivity contribution in [2.45, 2.75) is 58.3 Å². The van der Waals surface area contributed by atoms with Gasteiger partial charge in [-0.05, 0) is 97.6 Å². The van der Waals surface area contributed by atoms with Gasteiger partial charge in [-0.1, -0.05) is 61.6 Å². The summed E-state index contributed by atoms with van der Waals surface area (Å²) in [5, 5.41) is 1.59. The van der Waals surface area contributed by atoms with E-state index in [0.29, 0.717) is 5.39 Å². The van der Waals surface area contributed by atoms with Crippen LogP contribution in [0, 0.1) is 29.5 Å². The van der Waals surface area contributed by atoms with Gasteiger partial charge in [0.2, 0.25) is 0 Å². The van der Waals surface area contributed by atoms with Crippen molar-refractivity contribution in [3.8, 4) is 11.8 Å². The summed E-state index contributed by atoms with van der Waals surface area (Å²) in [7, 11) is 0. The van der Waals surface area contributed by atoms with Crippen molar-refractivity contribution in [3.63, 3.8) is 0 Å². The molecule has 0 atom stereocenters. The fourth-order valence-corrected chi connectivity index (χ4v) is 4.86. The number of aryl methyl sites for hydroxylation is 2. The van der Waals surface area contributed by atoms with Crippen LogP contribution in [0.5, 0.6) is 0 Å². The molecule has 164 valence electrons. The van der Waals surface area contributed by atoms with Crippen LogP contribution < -0.4 is 0 Å². The molecule has 3 aromatic rings. The fraction of sp³-hybridized carbons (Fsp3) is 0.355. The third-order valence-corrected chi connectivity index (χ3v) is 6.92. The highest BCUT2D eigenvalue weighted by Gasteiger charge is 2.18. The van der Waals surface area contributed by atoms with Crippen molar-refractivity contribution in [1.82, 2.24) is 0 Å². The van der Waals surface area contributed by atoms with Gasteiger partial charge in [0.05, 0.1) is 0 Å². The minimum absolute atomic E-state index is 0.0896. The molecule has 0 aliphatic heterocycles. The lowest BCUT2D eigenvalue weighted by molar-refractivity contribution is 0.296. The smallest absolute Gasteiger partial charge is 0.134 e. The largest absolute Gasteiger partial charge is 0.206 e. The van der Waals surface area contributed by atoms with Gasteiger partial charge in [-0.2, -0.15) is 0 Å². The second kappa shape index (κ2) is 10.6. The van der Waals surface area contributed by atoms with Gasteiger partial charge < -0.3 is 0 Å². The third kappa shape index (κ3) is 5.49. The lowest BCUT2D eigenvalue weighted by Crippen LogP contribution is -2.13. The van der Waals surface area contributed by atoms with Crippen molar-refractivity contribution >= 4 is 10.8 Å². The maximum Gasteiger partial charge on any atom is 0.134 e. The van der Waals surface area contributed by atoms with E-state index in [0.717, 1.165) is 53.2 Å². The molecule has 4 rings (SSSR count). The Morgan fingerprint density at radius 2 is 1.62 bits per heavy atom. The molecule has 3 aromatic carbocycles. The van der Waals surface area contributed by atoms with Crippen LogP contribution >= 0.6 is 0 Å². The van der Waals surface area contributed by atoms with Crippen LogP contribution in [0.2, 0.25) is 0 Å². The molecule has 1 fully saturated rings. The molecule has 0 N–H and O–H groups in total. The quantitative estimate of drug-likeness (QED) is 0.276. The Kier molecular flexibility index (Phi) is 7.43. The first-order valence-electron chi connectivity index (χ1n) is 12.1. The monoisotopic (exact) mass is 424 g/mol. The number of rotatable bonds is 6. The van der Waals surface area contributed by atoms with Gasteiger partial charge in [-0.3, -0.25) is 0 Å². The van der Waals surface area contributed by atoms with Gasteiger partial charge in [0.15, 0.2) is 0 Å². The number of fused-ring (bicyclic) bond motifs is 1. The third-order valence-electron chi connectivity index (χ3n) is 6.92. The van der Waals surface area contributed by atoms with Gasteiger partial charge in [0.1, 0.15) is 5.82 Å². The number of benzene rings is 3. The van der Waals surface area contributed by atoms with Crippen LogP contribution in [0.4, 0.5) is 4.39 Å². The summed E-state index contributed by atoms with van der Waals surface area (Å²) >= 11 is 0. The lowest BCUT2D eigenvalue weighted by atomic mass is 9.79. The van der Waals surface area contributed by atoms with E-state index in [1.807, 2.05) is 30.3 Å². The molecule has 0 aromatic heterocycles. The minimum atomic E-state index is -0.0896. The standard InChI is InChI=1S/C31H33F/c1-3-5-28-19-20-29-22-27(18-21-30(29)31(28)32)17-16-26-14-12-25(13-15-26)11-10-24-8-6-23(4-2)7-9-24/h4,12-15,18-24H,2-3,5-11H2,1H3. The fourth-order valence-electron chi connectivity index (χ4n) is 4.86.